The van der Waals surface area contributed by atoms with Crippen LogP contribution >= 0.6 is 0 Å². The summed E-state index contributed by atoms with van der Waals surface area (Å²) in [5, 5.41) is 12.8. The number of benzene rings is 3. The highest BCUT2D eigenvalue weighted by Crippen LogP contribution is 2.30. The second kappa shape index (κ2) is 9.10. The van der Waals surface area contributed by atoms with E-state index in [-0.39, 0.29) is 6.04 Å². The number of ether oxygens (including phenoxy) is 1. The van der Waals surface area contributed by atoms with Crippen molar-refractivity contribution in [2.24, 2.45) is 0 Å². The average molecular weight is 414 g/mol. The maximum Gasteiger partial charge on any atom is 0.178 e. The topological polar surface area (TPSA) is 56.1 Å². The molecule has 0 unspecified atom stereocenters. The van der Waals surface area contributed by atoms with Crippen LogP contribution in [0.1, 0.15) is 34.1 Å². The Bertz CT molecular complexity index is 1160. The minimum atomic E-state index is -0.113. The number of aryl methyl sites for hydroxylation is 2. The summed E-state index contributed by atoms with van der Waals surface area (Å²) in [6, 6.07) is 24.7. The fourth-order valence-electron chi connectivity index (χ4n) is 3.99. The van der Waals surface area contributed by atoms with Gasteiger partial charge in [0.25, 0.3) is 0 Å². The number of aromatic nitrogens is 4. The Balaban J connectivity index is 1.74. The Morgan fingerprint density at radius 2 is 1.68 bits per heavy atom. The van der Waals surface area contributed by atoms with Gasteiger partial charge in [0, 0.05) is 6.54 Å². The molecule has 0 spiro atoms. The summed E-state index contributed by atoms with van der Waals surface area (Å²) in [5.41, 5.74) is 5.57. The van der Waals surface area contributed by atoms with E-state index in [2.05, 4.69) is 83.8 Å². The molecule has 0 saturated carbocycles. The van der Waals surface area contributed by atoms with Crippen molar-refractivity contribution in [3.63, 3.8) is 0 Å². The zero-order valence-corrected chi connectivity index (χ0v) is 18.4. The zero-order chi connectivity index (χ0) is 21.8. The van der Waals surface area contributed by atoms with Gasteiger partial charge >= 0.3 is 0 Å². The Labute approximate surface area is 183 Å². The Hall–Kier alpha value is -3.51. The molecule has 0 aliphatic heterocycles. The van der Waals surface area contributed by atoms with Crippen LogP contribution in [-0.4, -0.2) is 39.3 Å². The molecule has 0 radical (unpaired) electrons. The summed E-state index contributed by atoms with van der Waals surface area (Å²) < 4.78 is 7.26. The number of methoxy groups -OCH3 is 1. The summed E-state index contributed by atoms with van der Waals surface area (Å²) in [6.07, 6.45) is 0. The number of hydrogen-bond donors (Lipinski definition) is 0. The smallest absolute Gasteiger partial charge is 0.178 e. The number of tetrazole rings is 1. The van der Waals surface area contributed by atoms with Crippen LogP contribution in [0.5, 0.6) is 5.75 Å². The van der Waals surface area contributed by atoms with Crippen LogP contribution in [0.2, 0.25) is 0 Å². The first kappa shape index (κ1) is 20.8. The van der Waals surface area contributed by atoms with Gasteiger partial charge in [-0.25, -0.2) is 0 Å². The number of para-hydroxylation sites is 1. The molecular formula is C25H27N5O. The maximum absolute atomic E-state index is 5.41. The van der Waals surface area contributed by atoms with E-state index in [0.717, 1.165) is 40.5 Å². The minimum Gasteiger partial charge on any atom is -0.496 e. The third kappa shape index (κ3) is 4.34. The molecule has 0 bridgehead atoms. The first-order valence-corrected chi connectivity index (χ1v) is 10.3. The lowest BCUT2D eigenvalue weighted by Gasteiger charge is -2.28. The lowest BCUT2D eigenvalue weighted by atomic mass is 10.0. The SMILES string of the molecule is COc1ccc(CN(C)[C@@H](c2ccccc2)c2nnnn2-c2ccccc2C)cc1C. The molecule has 1 atom stereocenters. The van der Waals surface area contributed by atoms with Crippen LogP contribution < -0.4 is 4.74 Å². The largest absolute Gasteiger partial charge is 0.496 e. The first-order valence-electron chi connectivity index (χ1n) is 10.3. The molecule has 1 aromatic heterocycles. The molecule has 0 aliphatic rings. The van der Waals surface area contributed by atoms with Gasteiger partial charge in [-0.1, -0.05) is 60.7 Å². The third-order valence-electron chi connectivity index (χ3n) is 5.53. The molecule has 1 heterocycles. The van der Waals surface area contributed by atoms with Gasteiger partial charge in [-0.05, 0) is 65.7 Å². The Morgan fingerprint density at radius 1 is 0.935 bits per heavy atom. The molecular weight excluding hydrogens is 386 g/mol. The van der Waals surface area contributed by atoms with Crippen molar-refractivity contribution in [2.75, 3.05) is 14.2 Å². The molecule has 6 heteroatoms. The molecule has 0 saturated heterocycles. The van der Waals surface area contributed by atoms with Crippen LogP contribution in [0.25, 0.3) is 5.69 Å². The van der Waals surface area contributed by atoms with Crippen LogP contribution in [0.15, 0.2) is 72.8 Å². The Morgan fingerprint density at radius 3 is 2.39 bits per heavy atom. The lowest BCUT2D eigenvalue weighted by Crippen LogP contribution is -2.28. The highest BCUT2D eigenvalue weighted by molar-refractivity contribution is 5.41. The summed E-state index contributed by atoms with van der Waals surface area (Å²) >= 11 is 0. The highest BCUT2D eigenvalue weighted by atomic mass is 16.5. The van der Waals surface area contributed by atoms with Gasteiger partial charge in [-0.2, -0.15) is 4.68 Å². The molecule has 0 fully saturated rings. The Kier molecular flexibility index (Phi) is 6.09. The monoisotopic (exact) mass is 413 g/mol. The van der Waals surface area contributed by atoms with E-state index < -0.39 is 0 Å². The lowest BCUT2D eigenvalue weighted by molar-refractivity contribution is 0.258. The summed E-state index contributed by atoms with van der Waals surface area (Å²) in [7, 11) is 3.80. The first-order chi connectivity index (χ1) is 15.1. The number of hydrogen-bond acceptors (Lipinski definition) is 5. The van der Waals surface area contributed by atoms with Gasteiger partial charge < -0.3 is 4.74 Å². The van der Waals surface area contributed by atoms with Gasteiger partial charge in [0.05, 0.1) is 18.8 Å². The summed E-state index contributed by atoms with van der Waals surface area (Å²) in [6.45, 7) is 4.88. The highest BCUT2D eigenvalue weighted by Gasteiger charge is 2.26. The second-order valence-electron chi connectivity index (χ2n) is 7.77. The van der Waals surface area contributed by atoms with Crippen molar-refractivity contribution in [2.45, 2.75) is 26.4 Å². The minimum absolute atomic E-state index is 0.113. The van der Waals surface area contributed by atoms with Crippen LogP contribution in [-0.2, 0) is 6.54 Å². The molecule has 31 heavy (non-hydrogen) atoms. The van der Waals surface area contributed by atoms with Crippen molar-refractivity contribution < 1.29 is 4.74 Å². The molecule has 4 aromatic rings. The normalized spacial score (nSPS) is 12.2. The van der Waals surface area contributed by atoms with E-state index in [9.17, 15) is 0 Å². The van der Waals surface area contributed by atoms with Gasteiger partial charge in [0.15, 0.2) is 5.82 Å². The predicted molar refractivity (Wildman–Crippen MR) is 121 cm³/mol. The molecule has 4 rings (SSSR count). The average Bonchev–Trinajstić information content (AvgIpc) is 3.24. The van der Waals surface area contributed by atoms with Gasteiger partial charge in [-0.3, -0.25) is 4.90 Å². The van der Waals surface area contributed by atoms with Crippen molar-refractivity contribution in [1.29, 1.82) is 0 Å². The van der Waals surface area contributed by atoms with Crippen LogP contribution in [0, 0.1) is 13.8 Å². The van der Waals surface area contributed by atoms with Gasteiger partial charge in [-0.15, -0.1) is 5.10 Å². The van der Waals surface area contributed by atoms with E-state index in [4.69, 9.17) is 4.74 Å². The van der Waals surface area contributed by atoms with Crippen molar-refractivity contribution in [1.82, 2.24) is 25.1 Å². The van der Waals surface area contributed by atoms with Crippen molar-refractivity contribution in [3.05, 3.63) is 101 Å². The number of nitrogens with zero attached hydrogens (tertiary/aromatic N) is 5. The van der Waals surface area contributed by atoms with E-state index in [1.54, 1.807) is 7.11 Å². The van der Waals surface area contributed by atoms with Gasteiger partial charge in [0.1, 0.15) is 5.75 Å². The van der Waals surface area contributed by atoms with E-state index in [0.29, 0.717) is 0 Å². The molecule has 0 N–H and O–H groups in total. The summed E-state index contributed by atoms with van der Waals surface area (Å²) in [5.74, 6) is 1.68. The molecule has 0 aliphatic carbocycles. The standard InChI is InChI=1S/C25H27N5O/c1-18-10-8-9-13-22(18)30-25(26-27-28-30)24(21-11-6-5-7-12-21)29(3)17-20-14-15-23(31-4)19(2)16-20/h5-16,24H,17H2,1-4H3/t24-/m0/s1. The van der Waals surface area contributed by atoms with E-state index in [1.807, 2.05) is 35.0 Å². The van der Waals surface area contributed by atoms with Gasteiger partial charge in [0.2, 0.25) is 0 Å². The third-order valence-corrected chi connectivity index (χ3v) is 5.53. The number of rotatable bonds is 7. The molecule has 0 amide bonds. The van der Waals surface area contributed by atoms with E-state index in [1.165, 1.54) is 5.56 Å². The van der Waals surface area contributed by atoms with Crippen LogP contribution in [0.3, 0.4) is 0 Å². The summed E-state index contributed by atoms with van der Waals surface area (Å²) in [4.78, 5) is 2.27. The fraction of sp³-hybridized carbons (Fsp3) is 0.240. The van der Waals surface area contributed by atoms with Crippen LogP contribution in [0.4, 0.5) is 0 Å². The van der Waals surface area contributed by atoms with E-state index >= 15 is 0 Å². The fourth-order valence-corrected chi connectivity index (χ4v) is 3.99. The quantitative estimate of drug-likeness (QED) is 0.446. The second-order valence-corrected chi connectivity index (χ2v) is 7.77. The maximum atomic E-state index is 5.41. The van der Waals surface area contributed by atoms with Crippen molar-refractivity contribution >= 4 is 0 Å². The van der Waals surface area contributed by atoms with Crippen molar-refractivity contribution in [3.8, 4) is 11.4 Å². The zero-order valence-electron chi connectivity index (χ0n) is 18.4. The molecule has 3 aromatic carbocycles. The molecule has 6 nitrogen and oxygen atoms in total. The molecule has 158 valence electrons. The predicted octanol–water partition coefficient (Wildman–Crippen LogP) is 4.51.